The highest BCUT2D eigenvalue weighted by Gasteiger charge is 2.39. The summed E-state index contributed by atoms with van der Waals surface area (Å²) in [6, 6.07) is 10.5. The SMILES string of the molecule is CC1(C)C(=O)Nc2ccc(S(=O)(=O)Nc3ccccc3C(N)=O)cc21. The summed E-state index contributed by atoms with van der Waals surface area (Å²) in [5.41, 5.74) is 5.81. The lowest BCUT2D eigenvalue weighted by Crippen LogP contribution is -2.27. The number of rotatable bonds is 4. The van der Waals surface area contributed by atoms with Gasteiger partial charge in [0.05, 0.1) is 21.6 Å². The number of hydrogen-bond donors (Lipinski definition) is 3. The minimum absolute atomic E-state index is 0.00454. The number of para-hydroxylation sites is 1. The van der Waals surface area contributed by atoms with E-state index in [0.717, 1.165) is 0 Å². The van der Waals surface area contributed by atoms with Crippen molar-refractivity contribution in [3.8, 4) is 0 Å². The van der Waals surface area contributed by atoms with Gasteiger partial charge in [-0.3, -0.25) is 14.3 Å². The fourth-order valence-electron chi connectivity index (χ4n) is 2.71. The molecule has 0 bridgehead atoms. The Morgan fingerprint density at radius 1 is 1.16 bits per heavy atom. The minimum Gasteiger partial charge on any atom is -0.366 e. The zero-order chi connectivity index (χ0) is 18.4. The molecule has 0 spiro atoms. The van der Waals surface area contributed by atoms with Crippen molar-refractivity contribution in [3.63, 3.8) is 0 Å². The molecule has 25 heavy (non-hydrogen) atoms. The van der Waals surface area contributed by atoms with Crippen LogP contribution in [-0.4, -0.2) is 20.2 Å². The Labute approximate surface area is 145 Å². The molecular formula is C17H17N3O4S. The molecule has 0 aromatic heterocycles. The highest BCUT2D eigenvalue weighted by Crippen LogP contribution is 2.38. The molecule has 1 aliphatic heterocycles. The lowest BCUT2D eigenvalue weighted by Gasteiger charge is -2.16. The molecule has 0 unspecified atom stereocenters. The third-order valence-electron chi connectivity index (χ3n) is 4.23. The quantitative estimate of drug-likeness (QED) is 0.771. The maximum Gasteiger partial charge on any atom is 0.261 e. The van der Waals surface area contributed by atoms with E-state index in [1.54, 1.807) is 32.0 Å². The molecule has 2 amide bonds. The molecule has 130 valence electrons. The Kier molecular flexibility index (Phi) is 3.80. The minimum atomic E-state index is -3.96. The van der Waals surface area contributed by atoms with Crippen molar-refractivity contribution >= 4 is 33.2 Å². The molecular weight excluding hydrogens is 342 g/mol. The number of nitrogens with one attached hydrogen (secondary N) is 2. The van der Waals surface area contributed by atoms with Crippen LogP contribution in [0.3, 0.4) is 0 Å². The number of anilines is 2. The maximum absolute atomic E-state index is 12.7. The van der Waals surface area contributed by atoms with Crippen molar-refractivity contribution < 1.29 is 18.0 Å². The molecule has 0 radical (unpaired) electrons. The molecule has 0 atom stereocenters. The third kappa shape index (κ3) is 2.85. The Balaban J connectivity index is 2.02. The average molecular weight is 359 g/mol. The molecule has 1 heterocycles. The van der Waals surface area contributed by atoms with Crippen LogP contribution in [0.4, 0.5) is 11.4 Å². The number of hydrogen-bond acceptors (Lipinski definition) is 4. The molecule has 0 saturated carbocycles. The van der Waals surface area contributed by atoms with Gasteiger partial charge in [0.2, 0.25) is 5.91 Å². The monoisotopic (exact) mass is 359 g/mol. The van der Waals surface area contributed by atoms with E-state index in [1.807, 2.05) is 0 Å². The van der Waals surface area contributed by atoms with Crippen LogP contribution in [0.5, 0.6) is 0 Å². The van der Waals surface area contributed by atoms with Crippen molar-refractivity contribution in [2.24, 2.45) is 5.73 Å². The van der Waals surface area contributed by atoms with E-state index in [-0.39, 0.29) is 22.1 Å². The summed E-state index contributed by atoms with van der Waals surface area (Å²) in [5.74, 6) is -0.924. The summed E-state index contributed by atoms with van der Waals surface area (Å²) in [6.07, 6.45) is 0. The first-order valence-electron chi connectivity index (χ1n) is 7.50. The van der Waals surface area contributed by atoms with Crippen LogP contribution >= 0.6 is 0 Å². The van der Waals surface area contributed by atoms with Crippen molar-refractivity contribution in [2.45, 2.75) is 24.2 Å². The lowest BCUT2D eigenvalue weighted by molar-refractivity contribution is -0.119. The summed E-state index contributed by atoms with van der Waals surface area (Å²) < 4.78 is 27.8. The van der Waals surface area contributed by atoms with E-state index >= 15 is 0 Å². The fourth-order valence-corrected chi connectivity index (χ4v) is 3.81. The van der Waals surface area contributed by atoms with Gasteiger partial charge in [-0.2, -0.15) is 0 Å². The van der Waals surface area contributed by atoms with Crippen LogP contribution in [0.15, 0.2) is 47.4 Å². The van der Waals surface area contributed by atoms with Gasteiger partial charge in [-0.25, -0.2) is 8.42 Å². The van der Waals surface area contributed by atoms with E-state index in [4.69, 9.17) is 5.73 Å². The van der Waals surface area contributed by atoms with Gasteiger partial charge < -0.3 is 11.1 Å². The zero-order valence-corrected chi connectivity index (χ0v) is 14.5. The molecule has 2 aromatic rings. The molecule has 8 heteroatoms. The molecule has 1 aliphatic rings. The number of amides is 2. The van der Waals surface area contributed by atoms with Crippen molar-refractivity contribution in [3.05, 3.63) is 53.6 Å². The predicted molar refractivity (Wildman–Crippen MR) is 93.9 cm³/mol. The van der Waals surface area contributed by atoms with Gasteiger partial charge in [0.15, 0.2) is 0 Å². The molecule has 0 aliphatic carbocycles. The van der Waals surface area contributed by atoms with Crippen molar-refractivity contribution in [1.82, 2.24) is 0 Å². The molecule has 2 aromatic carbocycles. The predicted octanol–water partition coefficient (Wildman–Crippen LogP) is 1.82. The van der Waals surface area contributed by atoms with E-state index in [2.05, 4.69) is 10.0 Å². The largest absolute Gasteiger partial charge is 0.366 e. The van der Waals surface area contributed by atoms with Gasteiger partial charge in [0.1, 0.15) is 0 Å². The Morgan fingerprint density at radius 3 is 2.52 bits per heavy atom. The first kappa shape index (κ1) is 17.0. The van der Waals surface area contributed by atoms with E-state index in [9.17, 15) is 18.0 Å². The Morgan fingerprint density at radius 2 is 1.84 bits per heavy atom. The van der Waals surface area contributed by atoms with Gasteiger partial charge in [0.25, 0.3) is 15.9 Å². The third-order valence-corrected chi connectivity index (χ3v) is 5.59. The second-order valence-electron chi connectivity index (χ2n) is 6.30. The normalized spacial score (nSPS) is 15.4. The van der Waals surface area contributed by atoms with Gasteiger partial charge in [-0.15, -0.1) is 0 Å². The number of primary amides is 1. The highest BCUT2D eigenvalue weighted by atomic mass is 32.2. The fraction of sp³-hybridized carbons (Fsp3) is 0.176. The maximum atomic E-state index is 12.7. The van der Waals surface area contributed by atoms with Gasteiger partial charge >= 0.3 is 0 Å². The highest BCUT2D eigenvalue weighted by molar-refractivity contribution is 7.92. The first-order chi connectivity index (χ1) is 11.6. The van der Waals surface area contributed by atoms with Gasteiger partial charge in [-0.1, -0.05) is 12.1 Å². The van der Waals surface area contributed by atoms with E-state index in [1.165, 1.54) is 24.3 Å². The van der Waals surface area contributed by atoms with Gasteiger partial charge in [-0.05, 0) is 49.7 Å². The first-order valence-corrected chi connectivity index (χ1v) is 8.99. The summed E-state index contributed by atoms with van der Waals surface area (Å²) in [6.45, 7) is 3.45. The van der Waals surface area contributed by atoms with E-state index < -0.39 is 21.3 Å². The average Bonchev–Trinajstić information content (AvgIpc) is 2.76. The van der Waals surface area contributed by atoms with Crippen molar-refractivity contribution in [2.75, 3.05) is 10.0 Å². The lowest BCUT2D eigenvalue weighted by atomic mass is 9.86. The summed E-state index contributed by atoms with van der Waals surface area (Å²) in [5, 5.41) is 2.72. The van der Waals surface area contributed by atoms with Crippen LogP contribution in [0.1, 0.15) is 29.8 Å². The Bertz CT molecular complexity index is 997. The summed E-state index contributed by atoms with van der Waals surface area (Å²) in [7, 11) is -3.96. The molecule has 7 nitrogen and oxygen atoms in total. The molecule has 0 fully saturated rings. The number of carbonyl (C=O) groups is 2. The molecule has 3 rings (SSSR count). The number of nitrogens with two attached hydrogens (primary N) is 1. The van der Waals surface area contributed by atoms with Crippen LogP contribution in [0.2, 0.25) is 0 Å². The second-order valence-corrected chi connectivity index (χ2v) is 7.98. The number of sulfonamides is 1. The van der Waals surface area contributed by atoms with Crippen LogP contribution < -0.4 is 15.8 Å². The Hall–Kier alpha value is -2.87. The topological polar surface area (TPSA) is 118 Å². The zero-order valence-electron chi connectivity index (χ0n) is 13.7. The molecule has 0 saturated heterocycles. The van der Waals surface area contributed by atoms with E-state index in [0.29, 0.717) is 11.3 Å². The van der Waals surface area contributed by atoms with Crippen LogP contribution in [-0.2, 0) is 20.2 Å². The number of carbonyl (C=O) groups excluding carboxylic acids is 2. The number of fused-ring (bicyclic) bond motifs is 1. The molecule has 4 N–H and O–H groups in total. The standard InChI is InChI=1S/C17H17N3O4S/c1-17(2)12-9-10(7-8-14(12)19-16(17)22)25(23,24)20-13-6-4-3-5-11(13)15(18)21/h3-9,20H,1-2H3,(H2,18,21)(H,19,22). The second kappa shape index (κ2) is 5.59. The van der Waals surface area contributed by atoms with Gasteiger partial charge in [0, 0.05) is 5.69 Å². The van der Waals surface area contributed by atoms with Crippen LogP contribution in [0, 0.1) is 0 Å². The summed E-state index contributed by atoms with van der Waals surface area (Å²) in [4.78, 5) is 23.5. The van der Waals surface area contributed by atoms with Crippen LogP contribution in [0.25, 0.3) is 0 Å². The van der Waals surface area contributed by atoms with Crippen molar-refractivity contribution in [1.29, 1.82) is 0 Å². The summed E-state index contributed by atoms with van der Waals surface area (Å²) >= 11 is 0. The number of benzene rings is 2. The smallest absolute Gasteiger partial charge is 0.261 e.